The molecule has 7 nitrogen and oxygen atoms in total. The van der Waals surface area contributed by atoms with E-state index < -0.39 is 12.0 Å². The van der Waals surface area contributed by atoms with Crippen molar-refractivity contribution < 1.29 is 17.9 Å². The first-order valence-electron chi connectivity index (χ1n) is 8.41. The summed E-state index contributed by atoms with van der Waals surface area (Å²) in [5.74, 6) is -0.176. The Balaban J connectivity index is 1.77. The Morgan fingerprint density at radius 1 is 1.10 bits per heavy atom. The lowest BCUT2D eigenvalue weighted by Gasteiger charge is -2.06. The molecule has 3 aromatic heterocycles. The van der Waals surface area contributed by atoms with E-state index in [-0.39, 0.29) is 18.1 Å². The van der Waals surface area contributed by atoms with E-state index in [1.807, 2.05) is 6.26 Å². The summed E-state index contributed by atoms with van der Waals surface area (Å²) in [6.07, 6.45) is 2.29. The van der Waals surface area contributed by atoms with Gasteiger partial charge in [-0.1, -0.05) is 12.1 Å². The molecule has 0 saturated heterocycles. The van der Waals surface area contributed by atoms with E-state index in [2.05, 4.69) is 20.1 Å². The summed E-state index contributed by atoms with van der Waals surface area (Å²) in [6, 6.07) is 6.98. The molecule has 4 rings (SSSR count). The zero-order valence-electron chi connectivity index (χ0n) is 15.4. The van der Waals surface area contributed by atoms with Crippen LogP contribution in [0.4, 0.5) is 13.2 Å². The van der Waals surface area contributed by atoms with E-state index in [1.54, 1.807) is 54.4 Å². The average Bonchev–Trinajstić information content (AvgIpc) is 3.31. The normalized spacial score (nSPS) is 11.9. The number of rotatable bonds is 5. The molecule has 0 radical (unpaired) electrons. The van der Waals surface area contributed by atoms with Crippen LogP contribution in [0.3, 0.4) is 0 Å². The molecule has 0 N–H and O–H groups in total. The first-order chi connectivity index (χ1) is 13.9. The molecule has 0 bridgehead atoms. The Bertz CT molecular complexity index is 1150. The number of aromatic nitrogens is 6. The van der Waals surface area contributed by atoms with Crippen LogP contribution in [-0.2, 0) is 12.7 Å². The standard InChI is InChI=1S/C18H15F3N6OS/c1-28-12-5-3-11(4-6-12)8-27-15(24-16(25-27)18(19,20)21)14-10-26-9-13(29-2)7-22-17(26)23-14/h3-7,9-10H,8H2,1-2H3. The summed E-state index contributed by atoms with van der Waals surface area (Å²) in [5, 5.41) is 3.68. The fourth-order valence-electron chi connectivity index (χ4n) is 2.75. The number of alkyl halides is 3. The zero-order valence-corrected chi connectivity index (χ0v) is 16.2. The molecule has 0 atom stereocenters. The lowest BCUT2D eigenvalue weighted by molar-refractivity contribution is -0.144. The second-order valence-corrected chi connectivity index (χ2v) is 6.97. The molecule has 0 spiro atoms. The maximum absolute atomic E-state index is 13.2. The third-order valence-corrected chi connectivity index (χ3v) is 4.85. The SMILES string of the molecule is COc1ccc(Cn2nc(C(F)(F)F)nc2-c2cn3cc(SC)cnc3n2)cc1. The highest BCUT2D eigenvalue weighted by Crippen LogP contribution is 2.29. The first kappa shape index (κ1) is 19.2. The number of methoxy groups -OCH3 is 1. The number of imidazole rings is 1. The molecule has 0 saturated carbocycles. The maximum Gasteiger partial charge on any atom is 0.453 e. The summed E-state index contributed by atoms with van der Waals surface area (Å²) in [4.78, 5) is 13.2. The van der Waals surface area contributed by atoms with E-state index in [4.69, 9.17) is 4.74 Å². The minimum atomic E-state index is -4.66. The summed E-state index contributed by atoms with van der Waals surface area (Å²) < 4.78 is 47.7. The second-order valence-electron chi connectivity index (χ2n) is 6.09. The molecule has 0 unspecified atom stereocenters. The van der Waals surface area contributed by atoms with Gasteiger partial charge in [0.15, 0.2) is 5.82 Å². The van der Waals surface area contributed by atoms with Gasteiger partial charge < -0.3 is 4.74 Å². The highest BCUT2D eigenvalue weighted by atomic mass is 32.2. The molecule has 3 heterocycles. The summed E-state index contributed by atoms with van der Waals surface area (Å²) in [6.45, 7) is 0.0970. The van der Waals surface area contributed by atoms with Crippen LogP contribution in [0.2, 0.25) is 0 Å². The van der Waals surface area contributed by atoms with Crippen molar-refractivity contribution >= 4 is 17.5 Å². The van der Waals surface area contributed by atoms with Crippen LogP contribution in [0.25, 0.3) is 17.3 Å². The Morgan fingerprint density at radius 3 is 2.52 bits per heavy atom. The van der Waals surface area contributed by atoms with E-state index >= 15 is 0 Å². The lowest BCUT2D eigenvalue weighted by atomic mass is 10.2. The molecule has 0 aliphatic heterocycles. The van der Waals surface area contributed by atoms with Gasteiger partial charge in [0.1, 0.15) is 11.4 Å². The third-order valence-electron chi connectivity index (χ3n) is 4.17. The number of benzene rings is 1. The van der Waals surface area contributed by atoms with Gasteiger partial charge in [-0.15, -0.1) is 16.9 Å². The summed E-state index contributed by atoms with van der Waals surface area (Å²) in [5.41, 5.74) is 1.00. The number of fused-ring (bicyclic) bond motifs is 1. The number of halogens is 3. The zero-order chi connectivity index (χ0) is 20.6. The Hall–Kier alpha value is -3.08. The van der Waals surface area contributed by atoms with E-state index in [9.17, 15) is 13.2 Å². The number of nitrogens with zero attached hydrogens (tertiary/aromatic N) is 6. The van der Waals surface area contributed by atoms with Crippen LogP contribution < -0.4 is 4.74 Å². The largest absolute Gasteiger partial charge is 0.497 e. The van der Waals surface area contributed by atoms with Crippen LogP contribution >= 0.6 is 11.8 Å². The van der Waals surface area contributed by atoms with Crippen LogP contribution in [0.1, 0.15) is 11.4 Å². The van der Waals surface area contributed by atoms with Gasteiger partial charge in [0, 0.05) is 23.5 Å². The Morgan fingerprint density at radius 2 is 1.86 bits per heavy atom. The van der Waals surface area contributed by atoms with Crippen LogP contribution in [0.15, 0.2) is 47.8 Å². The minimum absolute atomic E-state index is 0.0179. The molecule has 11 heteroatoms. The Kier molecular flexibility index (Phi) is 4.91. The highest BCUT2D eigenvalue weighted by Gasteiger charge is 2.37. The van der Waals surface area contributed by atoms with E-state index in [0.29, 0.717) is 11.5 Å². The molecular weight excluding hydrogens is 405 g/mol. The molecular formula is C18H15F3N6OS. The smallest absolute Gasteiger partial charge is 0.453 e. The number of ether oxygens (including phenoxy) is 1. The van der Waals surface area contributed by atoms with Crippen molar-refractivity contribution in [2.75, 3.05) is 13.4 Å². The maximum atomic E-state index is 13.2. The van der Waals surface area contributed by atoms with Gasteiger partial charge in [0.25, 0.3) is 5.82 Å². The monoisotopic (exact) mass is 420 g/mol. The molecule has 1 aromatic carbocycles. The first-order valence-corrected chi connectivity index (χ1v) is 9.64. The second kappa shape index (κ2) is 7.39. The van der Waals surface area contributed by atoms with Crippen molar-refractivity contribution in [2.45, 2.75) is 17.6 Å². The lowest BCUT2D eigenvalue weighted by Crippen LogP contribution is -2.09. The van der Waals surface area contributed by atoms with Crippen LogP contribution in [-0.4, -0.2) is 42.5 Å². The van der Waals surface area contributed by atoms with Gasteiger partial charge in [0.05, 0.1) is 13.7 Å². The van der Waals surface area contributed by atoms with Gasteiger partial charge in [-0.2, -0.15) is 13.2 Å². The molecule has 29 heavy (non-hydrogen) atoms. The molecule has 0 amide bonds. The number of thioether (sulfide) groups is 1. The minimum Gasteiger partial charge on any atom is -0.497 e. The fraction of sp³-hybridized carbons (Fsp3) is 0.222. The average molecular weight is 420 g/mol. The topological polar surface area (TPSA) is 70.1 Å². The van der Waals surface area contributed by atoms with Crippen molar-refractivity contribution in [1.82, 2.24) is 29.1 Å². The van der Waals surface area contributed by atoms with Crippen molar-refractivity contribution in [3.05, 3.63) is 54.2 Å². The highest BCUT2D eigenvalue weighted by molar-refractivity contribution is 7.98. The van der Waals surface area contributed by atoms with Crippen molar-refractivity contribution in [1.29, 1.82) is 0 Å². The van der Waals surface area contributed by atoms with Gasteiger partial charge in [-0.3, -0.25) is 4.40 Å². The molecule has 0 aliphatic carbocycles. The summed E-state index contributed by atoms with van der Waals surface area (Å²) in [7, 11) is 1.54. The van der Waals surface area contributed by atoms with Gasteiger partial charge in [0.2, 0.25) is 5.78 Å². The predicted molar refractivity (Wildman–Crippen MR) is 101 cm³/mol. The van der Waals surface area contributed by atoms with Crippen LogP contribution in [0, 0.1) is 0 Å². The predicted octanol–water partition coefficient (Wildman–Crippen LogP) is 3.79. The Labute approximate surface area is 167 Å². The molecule has 4 aromatic rings. The van der Waals surface area contributed by atoms with Gasteiger partial charge >= 0.3 is 6.18 Å². The van der Waals surface area contributed by atoms with Crippen molar-refractivity contribution in [2.24, 2.45) is 0 Å². The molecule has 150 valence electrons. The quantitative estimate of drug-likeness (QED) is 0.458. The third kappa shape index (κ3) is 3.90. The van der Waals surface area contributed by atoms with Gasteiger partial charge in [-0.25, -0.2) is 19.6 Å². The van der Waals surface area contributed by atoms with Gasteiger partial charge in [-0.05, 0) is 24.0 Å². The molecule has 0 fully saturated rings. The van der Waals surface area contributed by atoms with Crippen molar-refractivity contribution in [3.8, 4) is 17.3 Å². The number of hydrogen-bond donors (Lipinski definition) is 0. The summed E-state index contributed by atoms with van der Waals surface area (Å²) >= 11 is 1.50. The van der Waals surface area contributed by atoms with E-state index in [0.717, 1.165) is 10.5 Å². The van der Waals surface area contributed by atoms with E-state index in [1.165, 1.54) is 16.4 Å². The number of hydrogen-bond acceptors (Lipinski definition) is 6. The fourth-order valence-corrected chi connectivity index (χ4v) is 3.12. The van der Waals surface area contributed by atoms with Crippen LogP contribution in [0.5, 0.6) is 5.75 Å². The van der Waals surface area contributed by atoms with Crippen molar-refractivity contribution in [3.63, 3.8) is 0 Å². The molecule has 0 aliphatic rings.